The molecule has 6 heteroatoms. The van der Waals surface area contributed by atoms with Crippen molar-refractivity contribution < 1.29 is 23.8 Å². The number of rotatable bonds is 5. The summed E-state index contributed by atoms with van der Waals surface area (Å²) in [7, 11) is 1.37. The van der Waals surface area contributed by atoms with Crippen LogP contribution in [0.5, 0.6) is 5.75 Å². The van der Waals surface area contributed by atoms with Gasteiger partial charge in [-0.05, 0) is 30.5 Å². The molecule has 0 unspecified atom stereocenters. The molecule has 2 N–H and O–H groups in total. The maximum atomic E-state index is 13.7. The van der Waals surface area contributed by atoms with Crippen LogP contribution in [0.25, 0.3) is 0 Å². The lowest BCUT2D eigenvalue weighted by Crippen LogP contribution is -2.54. The normalized spacial score (nSPS) is 17.1. The largest absolute Gasteiger partial charge is 0.494 e. The van der Waals surface area contributed by atoms with Gasteiger partial charge in [0, 0.05) is 0 Å². The molecule has 23 heavy (non-hydrogen) atoms. The van der Waals surface area contributed by atoms with Gasteiger partial charge >= 0.3 is 5.97 Å². The van der Waals surface area contributed by atoms with E-state index in [-0.39, 0.29) is 12.2 Å². The van der Waals surface area contributed by atoms with E-state index in [0.717, 1.165) is 25.7 Å². The Morgan fingerprint density at radius 1 is 1.26 bits per heavy atom. The summed E-state index contributed by atoms with van der Waals surface area (Å²) < 4.78 is 18.5. The van der Waals surface area contributed by atoms with Crippen LogP contribution in [0.4, 0.5) is 4.39 Å². The molecule has 0 heterocycles. The van der Waals surface area contributed by atoms with Gasteiger partial charge < -0.3 is 15.2 Å². The monoisotopic (exact) mass is 323 g/mol. The van der Waals surface area contributed by atoms with E-state index in [0.29, 0.717) is 18.4 Å². The summed E-state index contributed by atoms with van der Waals surface area (Å²) in [6.07, 6.45) is 4.34. The quantitative estimate of drug-likeness (QED) is 0.817. The number of carboxylic acids is 1. The topological polar surface area (TPSA) is 75.6 Å². The van der Waals surface area contributed by atoms with Gasteiger partial charge in [-0.2, -0.15) is 0 Å². The van der Waals surface area contributed by atoms with Crippen molar-refractivity contribution in [3.05, 3.63) is 29.6 Å². The van der Waals surface area contributed by atoms with Crippen molar-refractivity contribution in [3.8, 4) is 5.75 Å². The number of carbonyl (C=O) groups excluding carboxylic acids is 1. The second-order valence-corrected chi connectivity index (χ2v) is 6.00. The molecule has 0 aromatic heterocycles. The molecule has 1 amide bonds. The van der Waals surface area contributed by atoms with Crippen LogP contribution >= 0.6 is 0 Å². The van der Waals surface area contributed by atoms with E-state index in [2.05, 4.69) is 5.32 Å². The third kappa shape index (κ3) is 4.21. The van der Waals surface area contributed by atoms with E-state index in [1.54, 1.807) is 6.07 Å². The second kappa shape index (κ2) is 7.44. The predicted octanol–water partition coefficient (Wildman–Crippen LogP) is 2.67. The van der Waals surface area contributed by atoms with Crippen LogP contribution in [0.2, 0.25) is 0 Å². The van der Waals surface area contributed by atoms with E-state index in [1.807, 2.05) is 0 Å². The number of ether oxygens (including phenoxy) is 1. The lowest BCUT2D eigenvalue weighted by atomic mass is 9.90. The minimum absolute atomic E-state index is 0.0596. The Labute approximate surface area is 134 Å². The molecular formula is C17H22FNO4. The van der Waals surface area contributed by atoms with Gasteiger partial charge in [-0.25, -0.2) is 9.18 Å². The summed E-state index contributed by atoms with van der Waals surface area (Å²) >= 11 is 0. The summed E-state index contributed by atoms with van der Waals surface area (Å²) in [5.41, 5.74) is -0.714. The van der Waals surface area contributed by atoms with Crippen molar-refractivity contribution in [3.63, 3.8) is 0 Å². The first-order chi connectivity index (χ1) is 11.0. The summed E-state index contributed by atoms with van der Waals surface area (Å²) in [4.78, 5) is 23.9. The highest BCUT2D eigenvalue weighted by atomic mass is 19.1. The molecule has 0 aliphatic heterocycles. The van der Waals surface area contributed by atoms with E-state index < -0.39 is 23.2 Å². The van der Waals surface area contributed by atoms with Crippen LogP contribution in [0, 0.1) is 5.82 Å². The number of amides is 1. The highest BCUT2D eigenvalue weighted by Crippen LogP contribution is 2.28. The number of methoxy groups -OCH3 is 1. The first-order valence-electron chi connectivity index (χ1n) is 7.84. The zero-order valence-electron chi connectivity index (χ0n) is 13.2. The van der Waals surface area contributed by atoms with Crippen LogP contribution in [-0.2, 0) is 16.0 Å². The predicted molar refractivity (Wildman–Crippen MR) is 82.9 cm³/mol. The van der Waals surface area contributed by atoms with Crippen LogP contribution < -0.4 is 10.1 Å². The van der Waals surface area contributed by atoms with Gasteiger partial charge in [-0.15, -0.1) is 0 Å². The zero-order chi connectivity index (χ0) is 16.9. The fraction of sp³-hybridized carbons (Fsp3) is 0.529. The first kappa shape index (κ1) is 17.2. The van der Waals surface area contributed by atoms with Gasteiger partial charge in [0.1, 0.15) is 5.54 Å². The Morgan fingerprint density at radius 2 is 1.91 bits per heavy atom. The second-order valence-electron chi connectivity index (χ2n) is 6.00. The first-order valence-corrected chi connectivity index (χ1v) is 7.84. The fourth-order valence-corrected chi connectivity index (χ4v) is 3.04. The fourth-order valence-electron chi connectivity index (χ4n) is 3.04. The van der Waals surface area contributed by atoms with Gasteiger partial charge in [0.2, 0.25) is 5.91 Å². The van der Waals surface area contributed by atoms with Crippen LogP contribution in [0.1, 0.15) is 44.1 Å². The summed E-state index contributed by atoms with van der Waals surface area (Å²) in [6, 6.07) is 4.29. The molecular weight excluding hydrogens is 301 g/mol. The zero-order valence-corrected chi connectivity index (χ0v) is 13.2. The van der Waals surface area contributed by atoms with Crippen molar-refractivity contribution in [1.29, 1.82) is 0 Å². The maximum Gasteiger partial charge on any atom is 0.329 e. The Hall–Kier alpha value is -2.11. The minimum Gasteiger partial charge on any atom is -0.494 e. The standard InChI is InChI=1S/C17H22FNO4/c1-23-14-7-6-12(10-13(14)18)11-15(20)19-17(16(21)22)8-4-2-3-5-9-17/h6-7,10H,2-5,8-9,11H2,1H3,(H,19,20)(H,21,22). The molecule has 0 saturated heterocycles. The molecule has 1 fully saturated rings. The average molecular weight is 323 g/mol. The maximum absolute atomic E-state index is 13.7. The summed E-state index contributed by atoms with van der Waals surface area (Å²) in [5.74, 6) is -1.83. The van der Waals surface area contributed by atoms with Crippen molar-refractivity contribution in [2.24, 2.45) is 0 Å². The number of carboxylic acid groups (broad SMARTS) is 1. The molecule has 1 aliphatic rings. The van der Waals surface area contributed by atoms with E-state index >= 15 is 0 Å². The number of hydrogen-bond acceptors (Lipinski definition) is 3. The van der Waals surface area contributed by atoms with Crippen LogP contribution in [-0.4, -0.2) is 29.6 Å². The lowest BCUT2D eigenvalue weighted by Gasteiger charge is -2.29. The smallest absolute Gasteiger partial charge is 0.329 e. The van der Waals surface area contributed by atoms with Crippen molar-refractivity contribution in [1.82, 2.24) is 5.32 Å². The third-order valence-corrected chi connectivity index (χ3v) is 4.33. The van der Waals surface area contributed by atoms with Crippen LogP contribution in [0.15, 0.2) is 18.2 Å². The van der Waals surface area contributed by atoms with Gasteiger partial charge in [-0.1, -0.05) is 31.7 Å². The van der Waals surface area contributed by atoms with Crippen molar-refractivity contribution in [2.45, 2.75) is 50.5 Å². The van der Waals surface area contributed by atoms with E-state index in [4.69, 9.17) is 4.74 Å². The number of carbonyl (C=O) groups is 2. The molecule has 0 radical (unpaired) electrons. The van der Waals surface area contributed by atoms with Gasteiger partial charge in [0.25, 0.3) is 0 Å². The van der Waals surface area contributed by atoms with Crippen LogP contribution in [0.3, 0.4) is 0 Å². The molecule has 0 spiro atoms. The highest BCUT2D eigenvalue weighted by molar-refractivity contribution is 5.88. The van der Waals surface area contributed by atoms with Gasteiger partial charge in [0.05, 0.1) is 13.5 Å². The van der Waals surface area contributed by atoms with Crippen molar-refractivity contribution >= 4 is 11.9 Å². The molecule has 1 saturated carbocycles. The molecule has 0 bridgehead atoms. The SMILES string of the molecule is COc1ccc(CC(=O)NC2(C(=O)O)CCCCCC2)cc1F. The van der Waals surface area contributed by atoms with E-state index in [9.17, 15) is 19.1 Å². The Bertz CT molecular complexity index is 580. The number of benzene rings is 1. The number of aliphatic carboxylic acids is 1. The molecule has 1 aromatic rings. The summed E-state index contributed by atoms with van der Waals surface area (Å²) in [6.45, 7) is 0. The Kier molecular flexibility index (Phi) is 5.58. The number of halogens is 1. The van der Waals surface area contributed by atoms with Crippen molar-refractivity contribution in [2.75, 3.05) is 7.11 Å². The molecule has 126 valence electrons. The molecule has 2 rings (SSSR count). The highest BCUT2D eigenvalue weighted by Gasteiger charge is 2.39. The molecule has 0 atom stereocenters. The van der Waals surface area contributed by atoms with Gasteiger partial charge in [0.15, 0.2) is 11.6 Å². The lowest BCUT2D eigenvalue weighted by molar-refractivity contribution is -0.148. The third-order valence-electron chi connectivity index (χ3n) is 4.33. The Balaban J connectivity index is 2.07. The number of hydrogen-bond donors (Lipinski definition) is 2. The van der Waals surface area contributed by atoms with Gasteiger partial charge in [-0.3, -0.25) is 4.79 Å². The Morgan fingerprint density at radius 3 is 2.43 bits per heavy atom. The minimum atomic E-state index is -1.20. The summed E-state index contributed by atoms with van der Waals surface area (Å²) in [5, 5.41) is 12.2. The average Bonchev–Trinajstić information content (AvgIpc) is 2.74. The molecule has 5 nitrogen and oxygen atoms in total. The molecule has 1 aromatic carbocycles. The molecule has 1 aliphatic carbocycles. The van der Waals surface area contributed by atoms with E-state index in [1.165, 1.54) is 19.2 Å². The number of nitrogens with one attached hydrogen (secondary N) is 1.